The van der Waals surface area contributed by atoms with Crippen LogP contribution in [0.25, 0.3) is 0 Å². The molecule has 0 amide bonds. The van der Waals surface area contributed by atoms with Gasteiger partial charge in [-0.1, -0.05) is 29.5 Å². The van der Waals surface area contributed by atoms with Crippen molar-refractivity contribution in [2.45, 2.75) is 0 Å². The molecule has 0 aliphatic rings. The minimum atomic E-state index is -0.462. The average Bonchev–Trinajstić information content (AvgIpc) is 2.33. The smallest absolute Gasteiger partial charge is 0.140 e. The zero-order valence-electron chi connectivity index (χ0n) is 9.05. The van der Waals surface area contributed by atoms with Gasteiger partial charge in [-0.05, 0) is 34.1 Å². The largest absolute Gasteiger partial charge is 0.383 e. The van der Waals surface area contributed by atoms with Crippen LogP contribution in [0.4, 0.5) is 10.2 Å². The molecule has 1 aromatic carbocycles. The SMILES string of the molecule is Nc1ncc(Br)cc1C#Cc1c(F)cccc1Cl. The second-order valence-corrected chi connectivity index (χ2v) is 4.76. The van der Waals surface area contributed by atoms with Gasteiger partial charge in [0.1, 0.15) is 11.6 Å². The fraction of sp³-hybridized carbons (Fsp3) is 0. The van der Waals surface area contributed by atoms with E-state index in [2.05, 4.69) is 32.8 Å². The summed E-state index contributed by atoms with van der Waals surface area (Å²) in [7, 11) is 0. The fourth-order valence-electron chi connectivity index (χ4n) is 1.30. The maximum absolute atomic E-state index is 13.5. The molecule has 0 aliphatic carbocycles. The molecule has 0 unspecified atom stereocenters. The van der Waals surface area contributed by atoms with E-state index in [0.29, 0.717) is 5.56 Å². The lowest BCUT2D eigenvalue weighted by Crippen LogP contribution is -1.94. The quantitative estimate of drug-likeness (QED) is 0.751. The van der Waals surface area contributed by atoms with Crippen molar-refractivity contribution in [2.75, 3.05) is 5.73 Å². The summed E-state index contributed by atoms with van der Waals surface area (Å²) in [4.78, 5) is 3.94. The van der Waals surface area contributed by atoms with Crippen LogP contribution in [0.2, 0.25) is 5.02 Å². The zero-order valence-corrected chi connectivity index (χ0v) is 11.4. The van der Waals surface area contributed by atoms with E-state index in [9.17, 15) is 4.39 Å². The Bertz CT molecular complexity index is 642. The normalized spacial score (nSPS) is 9.72. The Labute approximate surface area is 117 Å². The van der Waals surface area contributed by atoms with Gasteiger partial charge < -0.3 is 5.73 Å². The van der Waals surface area contributed by atoms with Crippen LogP contribution in [0, 0.1) is 17.7 Å². The van der Waals surface area contributed by atoms with Crippen molar-refractivity contribution in [1.29, 1.82) is 0 Å². The van der Waals surface area contributed by atoms with Crippen LogP contribution in [-0.4, -0.2) is 4.98 Å². The van der Waals surface area contributed by atoms with E-state index in [1.165, 1.54) is 12.1 Å². The summed E-state index contributed by atoms with van der Waals surface area (Å²) in [5.74, 6) is 5.26. The van der Waals surface area contributed by atoms with E-state index in [4.69, 9.17) is 17.3 Å². The van der Waals surface area contributed by atoms with Crippen molar-refractivity contribution in [1.82, 2.24) is 4.98 Å². The lowest BCUT2D eigenvalue weighted by Gasteiger charge is -1.98. The van der Waals surface area contributed by atoms with Crippen LogP contribution in [-0.2, 0) is 0 Å². The first-order valence-electron chi connectivity index (χ1n) is 4.95. The number of nitrogens with two attached hydrogens (primary N) is 1. The Morgan fingerprint density at radius 2 is 2.11 bits per heavy atom. The van der Waals surface area contributed by atoms with Gasteiger partial charge in [-0.25, -0.2) is 9.37 Å². The first-order valence-corrected chi connectivity index (χ1v) is 6.12. The Balaban J connectivity index is 2.46. The van der Waals surface area contributed by atoms with E-state index in [1.807, 2.05) is 0 Å². The number of anilines is 1. The maximum atomic E-state index is 13.5. The second-order valence-electron chi connectivity index (χ2n) is 3.43. The van der Waals surface area contributed by atoms with Crippen molar-refractivity contribution in [2.24, 2.45) is 0 Å². The summed E-state index contributed by atoms with van der Waals surface area (Å²) < 4.78 is 14.2. The third kappa shape index (κ3) is 2.81. The number of pyridine rings is 1. The number of halogens is 3. The Kier molecular flexibility index (Phi) is 3.85. The molecule has 0 bridgehead atoms. The third-order valence-electron chi connectivity index (χ3n) is 2.17. The predicted octanol–water partition coefficient (Wildman–Crippen LogP) is 3.62. The number of benzene rings is 1. The third-order valence-corrected chi connectivity index (χ3v) is 2.92. The number of rotatable bonds is 0. The first-order chi connectivity index (χ1) is 8.58. The molecule has 0 spiro atoms. The van der Waals surface area contributed by atoms with Gasteiger partial charge in [0.15, 0.2) is 0 Å². The Morgan fingerprint density at radius 3 is 2.83 bits per heavy atom. The van der Waals surface area contributed by atoms with Crippen LogP contribution in [0.1, 0.15) is 11.1 Å². The van der Waals surface area contributed by atoms with E-state index in [0.717, 1.165) is 4.47 Å². The monoisotopic (exact) mass is 324 g/mol. The molecule has 1 aromatic heterocycles. The van der Waals surface area contributed by atoms with Crippen LogP contribution < -0.4 is 5.73 Å². The molecule has 5 heteroatoms. The van der Waals surface area contributed by atoms with E-state index in [1.54, 1.807) is 18.3 Å². The van der Waals surface area contributed by atoms with E-state index < -0.39 is 5.82 Å². The van der Waals surface area contributed by atoms with Gasteiger partial charge in [0.25, 0.3) is 0 Å². The number of aromatic nitrogens is 1. The van der Waals surface area contributed by atoms with Crippen LogP contribution in [0.15, 0.2) is 34.9 Å². The lowest BCUT2D eigenvalue weighted by atomic mass is 10.2. The molecular weight excluding hydrogens is 319 g/mol. The summed E-state index contributed by atoms with van der Waals surface area (Å²) in [5.41, 5.74) is 6.34. The Morgan fingerprint density at radius 1 is 1.33 bits per heavy atom. The van der Waals surface area contributed by atoms with Crippen molar-refractivity contribution in [3.8, 4) is 11.8 Å². The molecule has 0 atom stereocenters. The molecule has 0 radical (unpaired) electrons. The molecule has 1 heterocycles. The highest BCUT2D eigenvalue weighted by Gasteiger charge is 2.03. The van der Waals surface area contributed by atoms with Crippen molar-refractivity contribution in [3.63, 3.8) is 0 Å². The van der Waals surface area contributed by atoms with Crippen molar-refractivity contribution in [3.05, 3.63) is 56.9 Å². The van der Waals surface area contributed by atoms with Crippen LogP contribution >= 0.6 is 27.5 Å². The molecule has 2 rings (SSSR count). The second kappa shape index (κ2) is 5.38. The number of hydrogen-bond donors (Lipinski definition) is 1. The zero-order chi connectivity index (χ0) is 13.1. The summed E-state index contributed by atoms with van der Waals surface area (Å²) in [6.07, 6.45) is 1.57. The molecule has 0 fully saturated rings. The molecule has 18 heavy (non-hydrogen) atoms. The first kappa shape index (κ1) is 12.9. The highest BCUT2D eigenvalue weighted by Crippen LogP contribution is 2.19. The van der Waals surface area contributed by atoms with Gasteiger partial charge in [-0.2, -0.15) is 0 Å². The number of nitrogens with zero attached hydrogens (tertiary/aromatic N) is 1. The minimum Gasteiger partial charge on any atom is -0.383 e. The summed E-state index contributed by atoms with van der Waals surface area (Å²) in [5, 5.41) is 0.268. The molecule has 90 valence electrons. The van der Waals surface area contributed by atoms with Gasteiger partial charge >= 0.3 is 0 Å². The molecule has 2 aromatic rings. The van der Waals surface area contributed by atoms with E-state index in [-0.39, 0.29) is 16.4 Å². The molecule has 2 N–H and O–H groups in total. The lowest BCUT2D eigenvalue weighted by molar-refractivity contribution is 0.624. The highest BCUT2D eigenvalue weighted by atomic mass is 79.9. The topological polar surface area (TPSA) is 38.9 Å². The average molecular weight is 326 g/mol. The molecule has 0 aliphatic heterocycles. The summed E-state index contributed by atoms with van der Waals surface area (Å²) >= 11 is 9.13. The maximum Gasteiger partial charge on any atom is 0.140 e. The Hall–Kier alpha value is -1.57. The van der Waals surface area contributed by atoms with Crippen LogP contribution in [0.5, 0.6) is 0 Å². The standard InChI is InChI=1S/C13H7BrClFN2/c14-9-6-8(13(17)18-7-9)4-5-10-11(15)2-1-3-12(10)16/h1-3,6-7H,(H2,17,18). The van der Waals surface area contributed by atoms with Crippen molar-refractivity contribution < 1.29 is 4.39 Å². The number of nitrogen functional groups attached to an aromatic ring is 1. The van der Waals surface area contributed by atoms with Gasteiger partial charge in [0.05, 0.1) is 16.1 Å². The molecule has 0 saturated carbocycles. The van der Waals surface area contributed by atoms with E-state index >= 15 is 0 Å². The van der Waals surface area contributed by atoms with Gasteiger partial charge in [0, 0.05) is 10.7 Å². The molecule has 0 saturated heterocycles. The summed E-state index contributed by atoms with van der Waals surface area (Å²) in [6, 6.07) is 6.12. The fourth-order valence-corrected chi connectivity index (χ4v) is 1.84. The highest BCUT2D eigenvalue weighted by molar-refractivity contribution is 9.10. The van der Waals surface area contributed by atoms with Gasteiger partial charge in [-0.3, -0.25) is 0 Å². The van der Waals surface area contributed by atoms with Crippen LogP contribution in [0.3, 0.4) is 0 Å². The molecule has 2 nitrogen and oxygen atoms in total. The minimum absolute atomic E-state index is 0.151. The predicted molar refractivity (Wildman–Crippen MR) is 73.7 cm³/mol. The number of hydrogen-bond acceptors (Lipinski definition) is 2. The van der Waals surface area contributed by atoms with Crippen molar-refractivity contribution >= 4 is 33.3 Å². The summed E-state index contributed by atoms with van der Waals surface area (Å²) in [6.45, 7) is 0. The molecular formula is C13H7BrClFN2. The van der Waals surface area contributed by atoms with Gasteiger partial charge in [0.2, 0.25) is 0 Å². The van der Waals surface area contributed by atoms with Gasteiger partial charge in [-0.15, -0.1) is 0 Å².